The van der Waals surface area contributed by atoms with Crippen molar-refractivity contribution >= 4 is 34.8 Å². The number of carbonyl (C=O) groups excluding carboxylic acids is 2. The molecule has 2 aromatic carbocycles. The molecule has 0 aliphatic heterocycles. The molecule has 2 N–H and O–H groups in total. The first-order chi connectivity index (χ1) is 10.6. The lowest BCUT2D eigenvalue weighted by Gasteiger charge is -2.08. The van der Waals surface area contributed by atoms with Crippen molar-refractivity contribution in [2.75, 3.05) is 17.7 Å². The average Bonchev–Trinajstić information content (AvgIpc) is 2.47. The standard InChI is InChI=1S/C16H15ClN2O3/c1-22-14-7-3-6-13(9-14)19-16(21)10-15(20)18-12-5-2-4-11(17)8-12/h2-9H,10H2,1H3,(H,18,20)(H,19,21). The molecule has 114 valence electrons. The van der Waals surface area contributed by atoms with Crippen molar-refractivity contribution in [2.45, 2.75) is 6.42 Å². The van der Waals surface area contributed by atoms with Crippen LogP contribution in [0.3, 0.4) is 0 Å². The van der Waals surface area contributed by atoms with E-state index in [1.165, 1.54) is 0 Å². The Balaban J connectivity index is 1.89. The zero-order valence-corrected chi connectivity index (χ0v) is 12.7. The van der Waals surface area contributed by atoms with E-state index in [0.717, 1.165) is 0 Å². The maximum Gasteiger partial charge on any atom is 0.233 e. The number of halogens is 1. The molecule has 6 heteroatoms. The number of ether oxygens (including phenoxy) is 1. The largest absolute Gasteiger partial charge is 0.497 e. The number of carbonyl (C=O) groups is 2. The Morgan fingerprint density at radius 2 is 1.59 bits per heavy atom. The van der Waals surface area contributed by atoms with Gasteiger partial charge in [-0.1, -0.05) is 23.7 Å². The van der Waals surface area contributed by atoms with Crippen LogP contribution in [0.25, 0.3) is 0 Å². The van der Waals surface area contributed by atoms with Gasteiger partial charge in [0.1, 0.15) is 12.2 Å². The van der Waals surface area contributed by atoms with Gasteiger partial charge >= 0.3 is 0 Å². The predicted molar refractivity (Wildman–Crippen MR) is 86.3 cm³/mol. The van der Waals surface area contributed by atoms with Gasteiger partial charge in [-0.25, -0.2) is 0 Å². The van der Waals surface area contributed by atoms with Crippen LogP contribution in [0, 0.1) is 0 Å². The molecule has 0 saturated carbocycles. The molecule has 0 bridgehead atoms. The molecule has 0 spiro atoms. The molecule has 0 aliphatic carbocycles. The molecule has 0 saturated heterocycles. The van der Waals surface area contributed by atoms with Crippen molar-refractivity contribution in [3.05, 3.63) is 53.6 Å². The fourth-order valence-corrected chi connectivity index (χ4v) is 2.01. The number of methoxy groups -OCH3 is 1. The summed E-state index contributed by atoms with van der Waals surface area (Å²) in [6, 6.07) is 13.6. The Bertz CT molecular complexity index is 689. The molecule has 2 rings (SSSR count). The van der Waals surface area contributed by atoms with Gasteiger partial charge in [0, 0.05) is 22.5 Å². The molecule has 0 aliphatic rings. The molecular weight excluding hydrogens is 304 g/mol. The minimum absolute atomic E-state index is 0.288. The summed E-state index contributed by atoms with van der Waals surface area (Å²) in [6.07, 6.45) is -0.288. The Hall–Kier alpha value is -2.53. The van der Waals surface area contributed by atoms with Crippen LogP contribution in [-0.2, 0) is 9.59 Å². The number of rotatable bonds is 5. The summed E-state index contributed by atoms with van der Waals surface area (Å²) >= 11 is 5.83. The Morgan fingerprint density at radius 1 is 1.00 bits per heavy atom. The lowest BCUT2D eigenvalue weighted by Crippen LogP contribution is -2.21. The number of nitrogens with one attached hydrogen (secondary N) is 2. The maximum atomic E-state index is 11.8. The second-order valence-corrected chi connectivity index (χ2v) is 4.95. The van der Waals surface area contributed by atoms with Crippen molar-refractivity contribution < 1.29 is 14.3 Å². The number of benzene rings is 2. The molecule has 22 heavy (non-hydrogen) atoms. The van der Waals surface area contributed by atoms with E-state index in [1.54, 1.807) is 55.6 Å². The zero-order valence-electron chi connectivity index (χ0n) is 11.9. The van der Waals surface area contributed by atoms with Crippen molar-refractivity contribution in [1.29, 1.82) is 0 Å². The van der Waals surface area contributed by atoms with Crippen molar-refractivity contribution in [1.82, 2.24) is 0 Å². The molecule has 2 amide bonds. The molecule has 5 nitrogen and oxygen atoms in total. The molecule has 2 aromatic rings. The molecule has 0 unspecified atom stereocenters. The van der Waals surface area contributed by atoms with Gasteiger partial charge in [0.2, 0.25) is 11.8 Å². The molecule has 0 heterocycles. The van der Waals surface area contributed by atoms with E-state index in [2.05, 4.69) is 10.6 Å². The average molecular weight is 319 g/mol. The highest BCUT2D eigenvalue weighted by atomic mass is 35.5. The van der Waals surface area contributed by atoms with E-state index < -0.39 is 11.8 Å². The SMILES string of the molecule is COc1cccc(NC(=O)CC(=O)Nc2cccc(Cl)c2)c1. The van der Waals surface area contributed by atoms with Gasteiger partial charge in [0.05, 0.1) is 7.11 Å². The van der Waals surface area contributed by atoms with Gasteiger partial charge < -0.3 is 15.4 Å². The smallest absolute Gasteiger partial charge is 0.233 e. The number of amides is 2. The predicted octanol–water partition coefficient (Wildman–Crippen LogP) is 3.32. The molecule has 0 aromatic heterocycles. The third kappa shape index (κ3) is 4.79. The first-order valence-corrected chi connectivity index (χ1v) is 6.94. The van der Waals surface area contributed by atoms with Crippen LogP contribution in [0.4, 0.5) is 11.4 Å². The van der Waals surface area contributed by atoms with Crippen molar-refractivity contribution in [2.24, 2.45) is 0 Å². The van der Waals surface area contributed by atoms with E-state index in [1.807, 2.05) is 0 Å². The number of hydrogen-bond donors (Lipinski definition) is 2. The van der Waals surface area contributed by atoms with Crippen LogP contribution in [0.5, 0.6) is 5.75 Å². The number of anilines is 2. The summed E-state index contributed by atoms with van der Waals surface area (Å²) in [5.74, 6) is -0.198. The fraction of sp³-hybridized carbons (Fsp3) is 0.125. The summed E-state index contributed by atoms with van der Waals surface area (Å²) in [5.41, 5.74) is 1.12. The van der Waals surface area contributed by atoms with E-state index >= 15 is 0 Å². The van der Waals surface area contributed by atoms with Crippen LogP contribution in [0.15, 0.2) is 48.5 Å². The topological polar surface area (TPSA) is 67.4 Å². The van der Waals surface area contributed by atoms with Crippen molar-refractivity contribution in [3.63, 3.8) is 0 Å². The van der Waals surface area contributed by atoms with E-state index in [0.29, 0.717) is 22.1 Å². The molecule has 0 atom stereocenters. The summed E-state index contributed by atoms with van der Waals surface area (Å²) in [6.45, 7) is 0. The first kappa shape index (κ1) is 15.9. The second-order valence-electron chi connectivity index (χ2n) is 4.52. The van der Waals surface area contributed by atoms with Gasteiger partial charge in [-0.15, -0.1) is 0 Å². The van der Waals surface area contributed by atoms with Gasteiger partial charge in [0.15, 0.2) is 0 Å². The van der Waals surface area contributed by atoms with E-state index in [-0.39, 0.29) is 6.42 Å². The van der Waals surface area contributed by atoms with Crippen LogP contribution in [0.1, 0.15) is 6.42 Å². The fourth-order valence-electron chi connectivity index (χ4n) is 1.82. The minimum atomic E-state index is -0.414. The second kappa shape index (κ2) is 7.47. The molecule has 0 fully saturated rings. The highest BCUT2D eigenvalue weighted by molar-refractivity contribution is 6.30. The zero-order chi connectivity index (χ0) is 15.9. The minimum Gasteiger partial charge on any atom is -0.497 e. The highest BCUT2D eigenvalue weighted by Crippen LogP contribution is 2.17. The Kier molecular flexibility index (Phi) is 5.38. The van der Waals surface area contributed by atoms with Gasteiger partial charge in [-0.2, -0.15) is 0 Å². The lowest BCUT2D eigenvalue weighted by atomic mass is 10.2. The van der Waals surface area contributed by atoms with Gasteiger partial charge in [-0.3, -0.25) is 9.59 Å². The normalized spacial score (nSPS) is 9.91. The van der Waals surface area contributed by atoms with Crippen LogP contribution in [-0.4, -0.2) is 18.9 Å². The summed E-state index contributed by atoms with van der Waals surface area (Å²) in [5, 5.41) is 5.76. The Labute approximate surface area is 133 Å². The lowest BCUT2D eigenvalue weighted by molar-refractivity contribution is -0.123. The van der Waals surface area contributed by atoms with Gasteiger partial charge in [0.25, 0.3) is 0 Å². The third-order valence-corrected chi connectivity index (χ3v) is 3.02. The number of hydrogen-bond acceptors (Lipinski definition) is 3. The third-order valence-electron chi connectivity index (χ3n) is 2.78. The first-order valence-electron chi connectivity index (χ1n) is 6.56. The Morgan fingerprint density at radius 3 is 2.18 bits per heavy atom. The monoisotopic (exact) mass is 318 g/mol. The summed E-state index contributed by atoms with van der Waals surface area (Å²) < 4.78 is 5.06. The van der Waals surface area contributed by atoms with E-state index in [9.17, 15) is 9.59 Å². The maximum absolute atomic E-state index is 11.8. The quantitative estimate of drug-likeness (QED) is 0.831. The van der Waals surface area contributed by atoms with Crippen LogP contribution in [0.2, 0.25) is 5.02 Å². The summed E-state index contributed by atoms with van der Waals surface area (Å²) in [7, 11) is 1.54. The summed E-state index contributed by atoms with van der Waals surface area (Å²) in [4.78, 5) is 23.6. The van der Waals surface area contributed by atoms with Gasteiger partial charge in [-0.05, 0) is 30.3 Å². The highest BCUT2D eigenvalue weighted by Gasteiger charge is 2.10. The van der Waals surface area contributed by atoms with E-state index in [4.69, 9.17) is 16.3 Å². The van der Waals surface area contributed by atoms with Crippen molar-refractivity contribution in [3.8, 4) is 5.75 Å². The van der Waals surface area contributed by atoms with Crippen LogP contribution < -0.4 is 15.4 Å². The van der Waals surface area contributed by atoms with Crippen LogP contribution >= 0.6 is 11.6 Å². The molecular formula is C16H15ClN2O3. The molecule has 0 radical (unpaired) electrons.